The molecule has 0 saturated carbocycles. The molecule has 1 aliphatic heterocycles. The first kappa shape index (κ1) is 28.1. The van der Waals surface area contributed by atoms with Crippen molar-refractivity contribution in [1.29, 1.82) is 0 Å². The zero-order chi connectivity index (χ0) is 23.7. The number of halogens is 1. The fourth-order valence-electron chi connectivity index (χ4n) is 3.66. The summed E-state index contributed by atoms with van der Waals surface area (Å²) >= 11 is 0. The molecule has 1 saturated heterocycles. The van der Waals surface area contributed by atoms with Gasteiger partial charge < -0.3 is 25.0 Å². The van der Waals surface area contributed by atoms with Crippen molar-refractivity contribution in [3.63, 3.8) is 0 Å². The Balaban J connectivity index is 0.00000544. The van der Waals surface area contributed by atoms with Crippen LogP contribution in [0.3, 0.4) is 0 Å². The number of carbonyl (C=O) groups excluding carboxylic acids is 1. The van der Waals surface area contributed by atoms with Crippen molar-refractivity contribution in [3.8, 4) is 5.75 Å². The van der Waals surface area contributed by atoms with Gasteiger partial charge in [0.2, 0.25) is 5.91 Å². The van der Waals surface area contributed by atoms with Crippen LogP contribution >= 0.6 is 12.4 Å². The Hall–Kier alpha value is -2.89. The average Bonchev–Trinajstić information content (AvgIpc) is 2.69. The third-order valence-corrected chi connectivity index (χ3v) is 5.09. The summed E-state index contributed by atoms with van der Waals surface area (Å²) in [6.07, 6.45) is 0.329. The molecular formula is C21H30ClN3O8. The molecule has 2 rings (SSSR count). The molecule has 1 aromatic carbocycles. The molecule has 184 valence electrons. The predicted octanol–water partition coefficient (Wildman–Crippen LogP) is 0.118. The van der Waals surface area contributed by atoms with E-state index in [-0.39, 0.29) is 44.5 Å². The van der Waals surface area contributed by atoms with Crippen molar-refractivity contribution in [2.75, 3.05) is 52.4 Å². The van der Waals surface area contributed by atoms with Gasteiger partial charge in [0.15, 0.2) is 0 Å². The summed E-state index contributed by atoms with van der Waals surface area (Å²) in [5.41, 5.74) is 0.844. The third kappa shape index (κ3) is 9.64. The van der Waals surface area contributed by atoms with Crippen LogP contribution in [0.2, 0.25) is 0 Å². The lowest BCUT2D eigenvalue weighted by Gasteiger charge is -2.38. The highest BCUT2D eigenvalue weighted by atomic mass is 35.5. The van der Waals surface area contributed by atoms with E-state index in [0.29, 0.717) is 25.3 Å². The minimum Gasteiger partial charge on any atom is -0.494 e. The van der Waals surface area contributed by atoms with Gasteiger partial charge in [0.1, 0.15) is 5.75 Å². The number of hydrogen-bond donors (Lipinski definition) is 3. The summed E-state index contributed by atoms with van der Waals surface area (Å²) in [7, 11) is 0. The molecule has 0 unspecified atom stereocenters. The summed E-state index contributed by atoms with van der Waals surface area (Å²) in [5, 5.41) is 27.5. The zero-order valence-corrected chi connectivity index (χ0v) is 19.2. The SMILES string of the molecule is CCOc1ccc(C[C@@H](CN2CCN(CC(=O)O)CC2=O)N(CC(=O)O)CC(=O)O)cc1.Cl. The Morgan fingerprint density at radius 1 is 1.03 bits per heavy atom. The van der Waals surface area contributed by atoms with Crippen LogP contribution in [0.25, 0.3) is 0 Å². The average molecular weight is 488 g/mol. The van der Waals surface area contributed by atoms with E-state index < -0.39 is 37.0 Å². The van der Waals surface area contributed by atoms with Crippen molar-refractivity contribution in [3.05, 3.63) is 29.8 Å². The van der Waals surface area contributed by atoms with Crippen LogP contribution in [0.5, 0.6) is 5.75 Å². The van der Waals surface area contributed by atoms with Crippen LogP contribution < -0.4 is 4.74 Å². The molecule has 1 aromatic rings. The summed E-state index contributed by atoms with van der Waals surface area (Å²) in [6, 6.07) is 6.65. The summed E-state index contributed by atoms with van der Waals surface area (Å²) in [4.78, 5) is 50.6. The summed E-state index contributed by atoms with van der Waals surface area (Å²) in [5.74, 6) is -2.94. The zero-order valence-electron chi connectivity index (χ0n) is 18.4. The van der Waals surface area contributed by atoms with E-state index >= 15 is 0 Å². The van der Waals surface area contributed by atoms with Gasteiger partial charge in [0, 0.05) is 25.7 Å². The van der Waals surface area contributed by atoms with Gasteiger partial charge in [-0.15, -0.1) is 12.4 Å². The van der Waals surface area contributed by atoms with Gasteiger partial charge in [-0.25, -0.2) is 0 Å². The Morgan fingerprint density at radius 3 is 2.12 bits per heavy atom. The van der Waals surface area contributed by atoms with Gasteiger partial charge in [-0.2, -0.15) is 0 Å². The number of piperazine rings is 1. The minimum atomic E-state index is -1.17. The van der Waals surface area contributed by atoms with Gasteiger partial charge in [-0.1, -0.05) is 12.1 Å². The summed E-state index contributed by atoms with van der Waals surface area (Å²) < 4.78 is 5.43. The number of rotatable bonds is 13. The van der Waals surface area contributed by atoms with Crippen molar-refractivity contribution in [2.24, 2.45) is 0 Å². The Labute approximate surface area is 197 Å². The first-order valence-electron chi connectivity index (χ1n) is 10.3. The Morgan fingerprint density at radius 2 is 1.64 bits per heavy atom. The van der Waals surface area contributed by atoms with Gasteiger partial charge in [0.25, 0.3) is 0 Å². The smallest absolute Gasteiger partial charge is 0.317 e. The number of carboxylic acid groups (broad SMARTS) is 3. The molecule has 0 radical (unpaired) electrons. The molecule has 1 aliphatic rings. The molecule has 12 heteroatoms. The van der Waals surface area contributed by atoms with E-state index in [2.05, 4.69) is 0 Å². The van der Waals surface area contributed by atoms with E-state index in [1.165, 1.54) is 14.7 Å². The lowest BCUT2D eigenvalue weighted by Crippen LogP contribution is -2.56. The molecule has 1 heterocycles. The highest BCUT2D eigenvalue weighted by molar-refractivity contribution is 5.85. The maximum Gasteiger partial charge on any atom is 0.317 e. The maximum absolute atomic E-state index is 12.6. The number of amides is 1. The molecular weight excluding hydrogens is 458 g/mol. The van der Waals surface area contributed by atoms with Crippen LogP contribution in [0.15, 0.2) is 24.3 Å². The standard InChI is InChI=1S/C21H29N3O8.ClH/c1-2-32-17-5-3-15(4-6-17)9-16(24(13-20(28)29)14-21(30)31)10-23-8-7-22(11-18(23)25)12-19(26)27;/h3-6,16H,2,7-14H2,1H3,(H,26,27)(H,28,29)(H,30,31);1H/t16-;/m0./s1. The monoisotopic (exact) mass is 487 g/mol. The van der Waals surface area contributed by atoms with Crippen molar-refractivity contribution in [1.82, 2.24) is 14.7 Å². The molecule has 0 bridgehead atoms. The van der Waals surface area contributed by atoms with Crippen molar-refractivity contribution < 1.29 is 39.2 Å². The Kier molecular flexibility index (Phi) is 11.6. The van der Waals surface area contributed by atoms with Crippen LogP contribution in [-0.2, 0) is 25.6 Å². The predicted molar refractivity (Wildman–Crippen MR) is 120 cm³/mol. The second-order valence-corrected chi connectivity index (χ2v) is 7.57. The topological polar surface area (TPSA) is 148 Å². The largest absolute Gasteiger partial charge is 0.494 e. The van der Waals surface area contributed by atoms with Crippen LogP contribution in [-0.4, -0.2) is 112 Å². The molecule has 0 aromatic heterocycles. The van der Waals surface area contributed by atoms with E-state index in [1.807, 2.05) is 19.1 Å². The normalized spacial score (nSPS) is 15.1. The van der Waals surface area contributed by atoms with Gasteiger partial charge in [0.05, 0.1) is 32.8 Å². The molecule has 33 heavy (non-hydrogen) atoms. The van der Waals surface area contributed by atoms with Gasteiger partial charge >= 0.3 is 17.9 Å². The first-order valence-corrected chi connectivity index (χ1v) is 10.3. The number of hydrogen-bond acceptors (Lipinski definition) is 7. The molecule has 3 N–H and O–H groups in total. The number of carbonyl (C=O) groups is 4. The van der Waals surface area contributed by atoms with Gasteiger partial charge in [-0.3, -0.25) is 29.0 Å². The van der Waals surface area contributed by atoms with Crippen molar-refractivity contribution in [2.45, 2.75) is 19.4 Å². The van der Waals surface area contributed by atoms with E-state index in [0.717, 1.165) is 5.56 Å². The maximum atomic E-state index is 12.6. The quantitative estimate of drug-likeness (QED) is 0.350. The molecule has 0 aliphatic carbocycles. The fourth-order valence-corrected chi connectivity index (χ4v) is 3.66. The Bertz CT molecular complexity index is 804. The second kappa shape index (κ2) is 13.6. The lowest BCUT2D eigenvalue weighted by molar-refractivity contribution is -0.143. The number of aliphatic carboxylic acids is 3. The summed E-state index contributed by atoms with van der Waals surface area (Å²) in [6.45, 7) is 1.90. The number of nitrogens with zero attached hydrogens (tertiary/aromatic N) is 3. The van der Waals surface area contributed by atoms with Crippen LogP contribution in [0.1, 0.15) is 12.5 Å². The number of benzene rings is 1. The third-order valence-electron chi connectivity index (χ3n) is 5.09. The molecule has 1 atom stereocenters. The molecule has 0 spiro atoms. The minimum absolute atomic E-state index is 0. The van der Waals surface area contributed by atoms with E-state index in [1.54, 1.807) is 12.1 Å². The number of carboxylic acids is 3. The molecule has 1 fully saturated rings. The second-order valence-electron chi connectivity index (χ2n) is 7.57. The highest BCUT2D eigenvalue weighted by Crippen LogP contribution is 2.17. The van der Waals surface area contributed by atoms with Crippen LogP contribution in [0, 0.1) is 0 Å². The van der Waals surface area contributed by atoms with E-state index in [4.69, 9.17) is 9.84 Å². The highest BCUT2D eigenvalue weighted by Gasteiger charge is 2.31. The first-order chi connectivity index (χ1) is 15.2. The molecule has 1 amide bonds. The lowest BCUT2D eigenvalue weighted by atomic mass is 10.0. The van der Waals surface area contributed by atoms with Crippen LogP contribution in [0.4, 0.5) is 0 Å². The number of ether oxygens (including phenoxy) is 1. The van der Waals surface area contributed by atoms with Crippen molar-refractivity contribution >= 4 is 36.2 Å². The fraction of sp³-hybridized carbons (Fsp3) is 0.524. The van der Waals surface area contributed by atoms with Gasteiger partial charge in [-0.05, 0) is 31.0 Å². The van der Waals surface area contributed by atoms with E-state index in [9.17, 15) is 29.4 Å². The molecule has 11 nitrogen and oxygen atoms in total.